The van der Waals surface area contributed by atoms with Crippen LogP contribution in [0.25, 0.3) is 0 Å². The summed E-state index contributed by atoms with van der Waals surface area (Å²) in [6.07, 6.45) is 1.93. The van der Waals surface area contributed by atoms with E-state index in [9.17, 15) is 0 Å². The van der Waals surface area contributed by atoms with Gasteiger partial charge in [0, 0.05) is 12.7 Å². The molecule has 0 radical (unpaired) electrons. The minimum absolute atomic E-state index is 0.589. The van der Waals surface area contributed by atoms with E-state index >= 15 is 0 Å². The topological polar surface area (TPSA) is 52.0 Å². The molecule has 1 aromatic carbocycles. The average Bonchev–Trinajstić information content (AvgIpc) is 2.80. The number of hydrogen-bond donors (Lipinski definition) is 1. The first-order chi connectivity index (χ1) is 8.78. The molecule has 2 rings (SSSR count). The van der Waals surface area contributed by atoms with Gasteiger partial charge >= 0.3 is 0 Å². The van der Waals surface area contributed by atoms with Crippen LogP contribution >= 0.6 is 0 Å². The summed E-state index contributed by atoms with van der Waals surface area (Å²) in [6.45, 7) is 4.08. The third-order valence-electron chi connectivity index (χ3n) is 2.55. The molecule has 0 atom stereocenters. The van der Waals surface area contributed by atoms with Crippen LogP contribution in [-0.2, 0) is 13.1 Å². The molecule has 0 saturated carbocycles. The molecule has 0 aliphatic rings. The SMILES string of the molecule is CNCc1cn(CCOc2ccc(C)cc2)nn1. The quantitative estimate of drug-likeness (QED) is 0.836. The fourth-order valence-electron chi connectivity index (χ4n) is 1.60. The predicted molar refractivity (Wildman–Crippen MR) is 69.5 cm³/mol. The van der Waals surface area contributed by atoms with Crippen LogP contribution in [0.1, 0.15) is 11.3 Å². The fourth-order valence-corrected chi connectivity index (χ4v) is 1.60. The minimum Gasteiger partial charge on any atom is -0.492 e. The zero-order valence-electron chi connectivity index (χ0n) is 10.8. The Kier molecular flexibility index (Phi) is 4.30. The Morgan fingerprint density at radius 1 is 1.28 bits per heavy atom. The molecule has 0 spiro atoms. The molecule has 5 nitrogen and oxygen atoms in total. The van der Waals surface area contributed by atoms with E-state index in [0.717, 1.165) is 18.0 Å². The number of ether oxygens (including phenoxy) is 1. The molecule has 96 valence electrons. The van der Waals surface area contributed by atoms with Crippen molar-refractivity contribution in [3.8, 4) is 5.75 Å². The second-order valence-electron chi connectivity index (χ2n) is 4.16. The van der Waals surface area contributed by atoms with Crippen LogP contribution in [0.2, 0.25) is 0 Å². The molecule has 0 amide bonds. The monoisotopic (exact) mass is 246 g/mol. The molecule has 0 aliphatic heterocycles. The van der Waals surface area contributed by atoms with Gasteiger partial charge in [0.05, 0.1) is 12.2 Å². The summed E-state index contributed by atoms with van der Waals surface area (Å²) in [5.41, 5.74) is 2.17. The van der Waals surface area contributed by atoms with Gasteiger partial charge in [-0.25, -0.2) is 4.68 Å². The van der Waals surface area contributed by atoms with Gasteiger partial charge in [-0.2, -0.15) is 0 Å². The lowest BCUT2D eigenvalue weighted by molar-refractivity contribution is 0.289. The minimum atomic E-state index is 0.589. The number of rotatable bonds is 6. The van der Waals surface area contributed by atoms with E-state index in [1.807, 2.05) is 37.5 Å². The summed E-state index contributed by atoms with van der Waals surface area (Å²) in [5, 5.41) is 11.1. The lowest BCUT2D eigenvalue weighted by Gasteiger charge is -2.05. The molecule has 1 aromatic heterocycles. The van der Waals surface area contributed by atoms with Gasteiger partial charge in [-0.1, -0.05) is 22.9 Å². The smallest absolute Gasteiger partial charge is 0.119 e. The first-order valence-corrected chi connectivity index (χ1v) is 6.01. The van der Waals surface area contributed by atoms with Crippen molar-refractivity contribution in [3.05, 3.63) is 41.7 Å². The van der Waals surface area contributed by atoms with Crippen molar-refractivity contribution in [2.75, 3.05) is 13.7 Å². The lowest BCUT2D eigenvalue weighted by Crippen LogP contribution is -2.09. The van der Waals surface area contributed by atoms with Gasteiger partial charge in [-0.05, 0) is 26.1 Å². The Morgan fingerprint density at radius 2 is 2.06 bits per heavy atom. The molecule has 0 aliphatic carbocycles. The summed E-state index contributed by atoms with van der Waals surface area (Å²) in [7, 11) is 1.89. The van der Waals surface area contributed by atoms with Gasteiger partial charge < -0.3 is 10.1 Å². The van der Waals surface area contributed by atoms with Crippen molar-refractivity contribution in [1.82, 2.24) is 20.3 Å². The van der Waals surface area contributed by atoms with Crippen LogP contribution in [0.5, 0.6) is 5.75 Å². The number of benzene rings is 1. The number of aromatic nitrogens is 3. The summed E-state index contributed by atoms with van der Waals surface area (Å²) >= 11 is 0. The fraction of sp³-hybridized carbons (Fsp3) is 0.385. The van der Waals surface area contributed by atoms with Crippen LogP contribution in [0.3, 0.4) is 0 Å². The van der Waals surface area contributed by atoms with E-state index in [1.54, 1.807) is 4.68 Å². The predicted octanol–water partition coefficient (Wildman–Crippen LogP) is 1.38. The highest BCUT2D eigenvalue weighted by Gasteiger charge is 1.99. The Hall–Kier alpha value is -1.88. The Morgan fingerprint density at radius 3 is 2.78 bits per heavy atom. The molecule has 0 saturated heterocycles. The van der Waals surface area contributed by atoms with Crippen molar-refractivity contribution in [2.24, 2.45) is 0 Å². The van der Waals surface area contributed by atoms with E-state index in [2.05, 4.69) is 22.6 Å². The molecule has 2 aromatic rings. The second kappa shape index (κ2) is 6.16. The molecule has 0 fully saturated rings. The highest BCUT2D eigenvalue weighted by atomic mass is 16.5. The zero-order valence-corrected chi connectivity index (χ0v) is 10.8. The third kappa shape index (κ3) is 3.56. The van der Waals surface area contributed by atoms with Crippen molar-refractivity contribution < 1.29 is 4.74 Å². The van der Waals surface area contributed by atoms with Gasteiger partial charge in [0.15, 0.2) is 0 Å². The first kappa shape index (κ1) is 12.6. The Labute approximate surface area is 107 Å². The average molecular weight is 246 g/mol. The van der Waals surface area contributed by atoms with Crippen LogP contribution in [0.4, 0.5) is 0 Å². The number of nitrogens with one attached hydrogen (secondary N) is 1. The summed E-state index contributed by atoms with van der Waals surface area (Å²) in [4.78, 5) is 0. The molecule has 0 bridgehead atoms. The third-order valence-corrected chi connectivity index (χ3v) is 2.55. The molecule has 1 N–H and O–H groups in total. The maximum absolute atomic E-state index is 5.63. The zero-order chi connectivity index (χ0) is 12.8. The van der Waals surface area contributed by atoms with Crippen molar-refractivity contribution in [2.45, 2.75) is 20.0 Å². The van der Waals surface area contributed by atoms with Gasteiger partial charge in [-0.3, -0.25) is 0 Å². The van der Waals surface area contributed by atoms with E-state index in [1.165, 1.54) is 5.56 Å². The molecular weight excluding hydrogens is 228 g/mol. The number of hydrogen-bond acceptors (Lipinski definition) is 4. The highest BCUT2D eigenvalue weighted by molar-refractivity contribution is 5.26. The van der Waals surface area contributed by atoms with Crippen molar-refractivity contribution in [3.63, 3.8) is 0 Å². The largest absolute Gasteiger partial charge is 0.492 e. The molecule has 5 heteroatoms. The highest BCUT2D eigenvalue weighted by Crippen LogP contribution is 2.11. The van der Waals surface area contributed by atoms with Crippen molar-refractivity contribution in [1.29, 1.82) is 0 Å². The van der Waals surface area contributed by atoms with E-state index in [-0.39, 0.29) is 0 Å². The van der Waals surface area contributed by atoms with E-state index < -0.39 is 0 Å². The summed E-state index contributed by atoms with van der Waals surface area (Å²) in [6, 6.07) is 8.03. The maximum Gasteiger partial charge on any atom is 0.119 e. The van der Waals surface area contributed by atoms with Gasteiger partial charge in [0.25, 0.3) is 0 Å². The van der Waals surface area contributed by atoms with Gasteiger partial charge in [0.2, 0.25) is 0 Å². The standard InChI is InChI=1S/C13H18N4O/c1-11-3-5-13(6-4-11)18-8-7-17-10-12(9-14-2)15-16-17/h3-6,10,14H,7-9H2,1-2H3. The van der Waals surface area contributed by atoms with Gasteiger partial charge in [0.1, 0.15) is 12.4 Å². The van der Waals surface area contributed by atoms with Crippen LogP contribution < -0.4 is 10.1 Å². The van der Waals surface area contributed by atoms with Crippen LogP contribution in [0, 0.1) is 6.92 Å². The molecule has 18 heavy (non-hydrogen) atoms. The molecular formula is C13H18N4O. The van der Waals surface area contributed by atoms with Gasteiger partial charge in [-0.15, -0.1) is 5.10 Å². The summed E-state index contributed by atoms with van der Waals surface area (Å²) < 4.78 is 7.42. The van der Waals surface area contributed by atoms with E-state index in [4.69, 9.17) is 4.74 Å². The Balaban J connectivity index is 1.79. The summed E-state index contributed by atoms with van der Waals surface area (Å²) in [5.74, 6) is 0.885. The normalized spacial score (nSPS) is 10.6. The molecule has 1 heterocycles. The van der Waals surface area contributed by atoms with Crippen LogP contribution in [0.15, 0.2) is 30.5 Å². The van der Waals surface area contributed by atoms with E-state index in [0.29, 0.717) is 13.2 Å². The van der Waals surface area contributed by atoms with Crippen LogP contribution in [-0.4, -0.2) is 28.6 Å². The Bertz CT molecular complexity index is 478. The molecule has 0 unspecified atom stereocenters. The number of nitrogens with zero attached hydrogens (tertiary/aromatic N) is 3. The second-order valence-corrected chi connectivity index (χ2v) is 4.16. The lowest BCUT2D eigenvalue weighted by atomic mass is 10.2. The maximum atomic E-state index is 5.63. The number of aryl methyl sites for hydroxylation is 1. The van der Waals surface area contributed by atoms with Crippen molar-refractivity contribution >= 4 is 0 Å². The first-order valence-electron chi connectivity index (χ1n) is 6.01.